The molecule has 136 valence electrons. The van der Waals surface area contributed by atoms with E-state index in [4.69, 9.17) is 16.3 Å². The van der Waals surface area contributed by atoms with Crippen molar-refractivity contribution >= 4 is 23.4 Å². The number of nitrogens with zero attached hydrogens (tertiary/aromatic N) is 3. The summed E-state index contributed by atoms with van der Waals surface area (Å²) in [5.41, 5.74) is 1.72. The molecule has 0 N–H and O–H groups in total. The standard InChI is InChI=1S/C17H14ClF2N3O2S/c1-24-15-7-11(5-6-14(15)25-16(19)20)9-26-17-22-21-10-23(17)13-4-2-3-12(18)8-13/h2-8,10,16H,9H2,1H3. The molecule has 0 aliphatic rings. The van der Waals surface area contributed by atoms with Gasteiger partial charge < -0.3 is 9.47 Å². The minimum absolute atomic E-state index is 0.00153. The number of thioether (sulfide) groups is 1. The van der Waals surface area contributed by atoms with Gasteiger partial charge in [0.2, 0.25) is 0 Å². The lowest BCUT2D eigenvalue weighted by molar-refractivity contribution is -0.0512. The van der Waals surface area contributed by atoms with E-state index in [9.17, 15) is 8.78 Å². The fourth-order valence-electron chi connectivity index (χ4n) is 2.27. The van der Waals surface area contributed by atoms with Crippen LogP contribution in [0.5, 0.6) is 11.5 Å². The van der Waals surface area contributed by atoms with E-state index in [-0.39, 0.29) is 11.5 Å². The van der Waals surface area contributed by atoms with Gasteiger partial charge in [0.15, 0.2) is 16.7 Å². The van der Waals surface area contributed by atoms with Crippen LogP contribution in [-0.2, 0) is 5.75 Å². The van der Waals surface area contributed by atoms with Crippen LogP contribution in [0.15, 0.2) is 53.9 Å². The molecule has 3 aromatic rings. The molecule has 0 saturated heterocycles. The van der Waals surface area contributed by atoms with Crippen LogP contribution in [0.1, 0.15) is 5.56 Å². The van der Waals surface area contributed by atoms with E-state index < -0.39 is 6.61 Å². The normalized spacial score (nSPS) is 11.0. The van der Waals surface area contributed by atoms with Crippen molar-refractivity contribution in [1.82, 2.24) is 14.8 Å². The summed E-state index contributed by atoms with van der Waals surface area (Å²) in [5.74, 6) is 0.794. The van der Waals surface area contributed by atoms with E-state index in [0.717, 1.165) is 11.3 Å². The molecule has 3 rings (SSSR count). The van der Waals surface area contributed by atoms with E-state index in [2.05, 4.69) is 14.9 Å². The number of aromatic nitrogens is 3. The second-order valence-electron chi connectivity index (χ2n) is 5.12. The molecule has 2 aromatic carbocycles. The Morgan fingerprint density at radius 3 is 2.77 bits per heavy atom. The number of ether oxygens (including phenoxy) is 2. The zero-order chi connectivity index (χ0) is 18.5. The van der Waals surface area contributed by atoms with E-state index in [1.54, 1.807) is 24.5 Å². The van der Waals surface area contributed by atoms with Crippen LogP contribution in [-0.4, -0.2) is 28.5 Å². The van der Waals surface area contributed by atoms with Gasteiger partial charge in [-0.05, 0) is 35.9 Å². The Kier molecular flexibility index (Phi) is 5.95. The highest BCUT2D eigenvalue weighted by Gasteiger charge is 2.12. The first-order valence-electron chi connectivity index (χ1n) is 7.47. The fourth-order valence-corrected chi connectivity index (χ4v) is 3.33. The van der Waals surface area contributed by atoms with Gasteiger partial charge in [-0.25, -0.2) is 0 Å². The molecule has 0 spiro atoms. The Hall–Kier alpha value is -2.32. The molecule has 0 atom stereocenters. The zero-order valence-electron chi connectivity index (χ0n) is 13.6. The summed E-state index contributed by atoms with van der Waals surface area (Å²) >= 11 is 7.48. The maximum atomic E-state index is 12.4. The maximum Gasteiger partial charge on any atom is 0.387 e. The number of hydrogen-bond acceptors (Lipinski definition) is 5. The molecule has 0 saturated carbocycles. The summed E-state index contributed by atoms with van der Waals surface area (Å²) in [5, 5.41) is 9.35. The van der Waals surface area contributed by atoms with Crippen molar-refractivity contribution in [2.75, 3.05) is 7.11 Å². The van der Waals surface area contributed by atoms with Crippen molar-refractivity contribution in [1.29, 1.82) is 0 Å². The van der Waals surface area contributed by atoms with Gasteiger partial charge in [-0.3, -0.25) is 4.57 Å². The molecule has 26 heavy (non-hydrogen) atoms. The van der Waals surface area contributed by atoms with Gasteiger partial charge in [-0.2, -0.15) is 8.78 Å². The summed E-state index contributed by atoms with van der Waals surface area (Å²) in [6.07, 6.45) is 1.61. The molecule has 9 heteroatoms. The average Bonchev–Trinajstić information content (AvgIpc) is 3.09. The van der Waals surface area contributed by atoms with E-state index in [1.807, 2.05) is 22.8 Å². The topological polar surface area (TPSA) is 49.2 Å². The molecular weight excluding hydrogens is 384 g/mol. The molecule has 0 unspecified atom stereocenters. The number of methoxy groups -OCH3 is 1. The second-order valence-corrected chi connectivity index (χ2v) is 6.49. The number of benzene rings is 2. The molecule has 0 fully saturated rings. The van der Waals surface area contributed by atoms with Gasteiger partial charge >= 0.3 is 6.61 Å². The Labute approximate surface area is 157 Å². The molecule has 0 amide bonds. The van der Waals surface area contributed by atoms with E-state index in [1.165, 1.54) is 24.9 Å². The van der Waals surface area contributed by atoms with Gasteiger partial charge in [0.25, 0.3) is 0 Å². The van der Waals surface area contributed by atoms with Gasteiger partial charge in [0, 0.05) is 10.8 Å². The summed E-state index contributed by atoms with van der Waals surface area (Å²) in [4.78, 5) is 0. The van der Waals surface area contributed by atoms with Crippen LogP contribution in [0.2, 0.25) is 5.02 Å². The van der Waals surface area contributed by atoms with Crippen LogP contribution in [0, 0.1) is 0 Å². The van der Waals surface area contributed by atoms with Crippen molar-refractivity contribution in [3.8, 4) is 17.2 Å². The average molecular weight is 398 g/mol. The third kappa shape index (κ3) is 4.44. The van der Waals surface area contributed by atoms with Gasteiger partial charge in [0.05, 0.1) is 12.8 Å². The lowest BCUT2D eigenvalue weighted by atomic mass is 10.2. The molecule has 1 aromatic heterocycles. The first-order valence-corrected chi connectivity index (χ1v) is 8.83. The van der Waals surface area contributed by atoms with Crippen molar-refractivity contribution in [2.45, 2.75) is 17.5 Å². The van der Waals surface area contributed by atoms with Gasteiger partial charge in [-0.1, -0.05) is 35.5 Å². The minimum atomic E-state index is -2.90. The third-order valence-electron chi connectivity index (χ3n) is 3.41. The summed E-state index contributed by atoms with van der Waals surface area (Å²) < 4.78 is 36.2. The lowest BCUT2D eigenvalue weighted by Gasteiger charge is -2.11. The number of hydrogen-bond donors (Lipinski definition) is 0. The first-order chi connectivity index (χ1) is 12.6. The quantitative estimate of drug-likeness (QED) is 0.535. The SMILES string of the molecule is COc1cc(CSc2nncn2-c2cccc(Cl)c2)ccc1OC(F)F. The highest BCUT2D eigenvalue weighted by atomic mass is 35.5. The first kappa shape index (κ1) is 18.5. The largest absolute Gasteiger partial charge is 0.493 e. The van der Waals surface area contributed by atoms with Crippen LogP contribution in [0.25, 0.3) is 5.69 Å². The monoisotopic (exact) mass is 397 g/mol. The molecule has 0 bridgehead atoms. The van der Waals surface area contributed by atoms with Gasteiger partial charge in [0.1, 0.15) is 6.33 Å². The smallest absolute Gasteiger partial charge is 0.387 e. The summed E-state index contributed by atoms with van der Waals surface area (Å²) in [6.45, 7) is -2.90. The van der Waals surface area contributed by atoms with Crippen molar-refractivity contribution in [3.63, 3.8) is 0 Å². The van der Waals surface area contributed by atoms with E-state index in [0.29, 0.717) is 15.9 Å². The zero-order valence-corrected chi connectivity index (χ0v) is 15.2. The predicted molar refractivity (Wildman–Crippen MR) is 95.6 cm³/mol. The van der Waals surface area contributed by atoms with Crippen LogP contribution in [0.3, 0.4) is 0 Å². The number of rotatable bonds is 7. The molecule has 5 nitrogen and oxygen atoms in total. The predicted octanol–water partition coefficient (Wildman–Crippen LogP) is 4.82. The summed E-state index contributed by atoms with van der Waals surface area (Å²) in [6, 6.07) is 12.2. The molecule has 0 aliphatic carbocycles. The minimum Gasteiger partial charge on any atom is -0.493 e. The Bertz CT molecular complexity index is 892. The number of alkyl halides is 2. The van der Waals surface area contributed by atoms with Crippen LogP contribution in [0.4, 0.5) is 8.78 Å². The Morgan fingerprint density at radius 1 is 1.19 bits per heavy atom. The second kappa shape index (κ2) is 8.37. The fraction of sp³-hybridized carbons (Fsp3) is 0.176. The molecule has 0 aliphatic heterocycles. The Balaban J connectivity index is 1.75. The van der Waals surface area contributed by atoms with Crippen molar-refractivity contribution < 1.29 is 18.3 Å². The molecule has 0 radical (unpaired) electrons. The van der Waals surface area contributed by atoms with Crippen LogP contribution < -0.4 is 9.47 Å². The molecule has 1 heterocycles. The Morgan fingerprint density at radius 2 is 2.04 bits per heavy atom. The third-order valence-corrected chi connectivity index (χ3v) is 4.66. The molecular formula is C17H14ClF2N3O2S. The highest BCUT2D eigenvalue weighted by Crippen LogP contribution is 2.32. The van der Waals surface area contributed by atoms with Crippen molar-refractivity contribution in [3.05, 3.63) is 59.4 Å². The highest BCUT2D eigenvalue weighted by molar-refractivity contribution is 7.98. The lowest BCUT2D eigenvalue weighted by Crippen LogP contribution is -2.03. The van der Waals surface area contributed by atoms with Crippen molar-refractivity contribution in [2.24, 2.45) is 0 Å². The maximum absolute atomic E-state index is 12.4. The number of halogens is 3. The van der Waals surface area contributed by atoms with Crippen LogP contribution >= 0.6 is 23.4 Å². The van der Waals surface area contributed by atoms with E-state index >= 15 is 0 Å². The van der Waals surface area contributed by atoms with Gasteiger partial charge in [-0.15, -0.1) is 10.2 Å². The summed E-state index contributed by atoms with van der Waals surface area (Å²) in [7, 11) is 1.40.